The normalized spacial score (nSPS) is 32.4. The molecule has 0 unspecified atom stereocenters. The molecule has 1 aliphatic heterocycles. The third kappa shape index (κ3) is 2.45. The largest absolute Gasteiger partial charge is 0.444 e. The molecule has 4 nitrogen and oxygen atoms in total. The van der Waals surface area contributed by atoms with Crippen LogP contribution < -0.4 is 0 Å². The van der Waals surface area contributed by atoms with E-state index in [9.17, 15) is 9.59 Å². The summed E-state index contributed by atoms with van der Waals surface area (Å²) in [4.78, 5) is 24.9. The van der Waals surface area contributed by atoms with Crippen molar-refractivity contribution in [2.45, 2.75) is 64.1 Å². The van der Waals surface area contributed by atoms with E-state index in [1.54, 1.807) is 4.90 Å². The highest BCUT2D eigenvalue weighted by Gasteiger charge is 2.47. The van der Waals surface area contributed by atoms with Gasteiger partial charge >= 0.3 is 6.09 Å². The number of likely N-dealkylation sites (tertiary alicyclic amines) is 1. The lowest BCUT2D eigenvalue weighted by Gasteiger charge is -2.30. The number of amides is 1. The fraction of sp³-hybridized carbons (Fsp3) is 0.846. The Kier molecular flexibility index (Phi) is 3.15. The third-order valence-corrected chi connectivity index (χ3v) is 3.64. The molecule has 1 heterocycles. The number of carbonyl (C=O) groups excluding carboxylic acids is 2. The van der Waals surface area contributed by atoms with Gasteiger partial charge in [0.25, 0.3) is 0 Å². The first-order chi connectivity index (χ1) is 7.92. The fourth-order valence-corrected chi connectivity index (χ4v) is 3.03. The Morgan fingerprint density at radius 1 is 1.35 bits per heavy atom. The minimum atomic E-state index is -0.499. The van der Waals surface area contributed by atoms with E-state index in [-0.39, 0.29) is 18.2 Å². The molecule has 96 valence electrons. The maximum Gasteiger partial charge on any atom is 0.411 e. The van der Waals surface area contributed by atoms with E-state index in [4.69, 9.17) is 4.74 Å². The first-order valence-corrected chi connectivity index (χ1v) is 6.39. The van der Waals surface area contributed by atoms with Crippen LogP contribution >= 0.6 is 0 Å². The number of carbonyl (C=O) groups is 2. The Labute approximate surface area is 102 Å². The van der Waals surface area contributed by atoms with Crippen molar-refractivity contribution in [1.82, 2.24) is 4.90 Å². The van der Waals surface area contributed by atoms with Crippen molar-refractivity contribution in [3.05, 3.63) is 0 Å². The van der Waals surface area contributed by atoms with Crippen molar-refractivity contribution in [3.63, 3.8) is 0 Å². The van der Waals surface area contributed by atoms with Crippen molar-refractivity contribution in [2.24, 2.45) is 5.92 Å². The second-order valence-corrected chi connectivity index (χ2v) is 6.09. The van der Waals surface area contributed by atoms with Crippen LogP contribution in [0.2, 0.25) is 0 Å². The monoisotopic (exact) mass is 239 g/mol. The third-order valence-electron chi connectivity index (χ3n) is 3.64. The molecule has 2 rings (SSSR count). The van der Waals surface area contributed by atoms with Gasteiger partial charge in [-0.25, -0.2) is 4.79 Å². The smallest absolute Gasteiger partial charge is 0.411 e. The SMILES string of the molecule is CC(C)(C)OC(=O)N1[C@@H](C=O)C[C@@H]2CCC[C@@H]21. The van der Waals surface area contributed by atoms with Crippen molar-refractivity contribution < 1.29 is 14.3 Å². The van der Waals surface area contributed by atoms with Crippen LogP contribution in [0, 0.1) is 5.92 Å². The molecule has 0 aromatic rings. The minimum Gasteiger partial charge on any atom is -0.444 e. The fourth-order valence-electron chi connectivity index (χ4n) is 3.03. The molecule has 1 saturated heterocycles. The Morgan fingerprint density at radius 2 is 2.06 bits per heavy atom. The van der Waals surface area contributed by atoms with E-state index in [1.165, 1.54) is 0 Å². The zero-order valence-electron chi connectivity index (χ0n) is 10.8. The lowest BCUT2D eigenvalue weighted by atomic mass is 10.0. The number of ether oxygens (including phenoxy) is 1. The predicted molar refractivity (Wildman–Crippen MR) is 63.7 cm³/mol. The van der Waals surface area contributed by atoms with Gasteiger partial charge in [0.1, 0.15) is 11.9 Å². The molecule has 2 fully saturated rings. The van der Waals surface area contributed by atoms with E-state index in [0.29, 0.717) is 5.92 Å². The Balaban J connectivity index is 2.11. The van der Waals surface area contributed by atoms with Crippen LogP contribution in [-0.2, 0) is 9.53 Å². The lowest BCUT2D eigenvalue weighted by Crippen LogP contribution is -2.44. The van der Waals surface area contributed by atoms with Gasteiger partial charge in [-0.15, -0.1) is 0 Å². The highest BCUT2D eigenvalue weighted by Crippen LogP contribution is 2.41. The van der Waals surface area contributed by atoms with E-state index in [1.807, 2.05) is 20.8 Å². The van der Waals surface area contributed by atoms with Gasteiger partial charge in [0.05, 0.1) is 6.04 Å². The highest BCUT2D eigenvalue weighted by molar-refractivity contribution is 5.75. The summed E-state index contributed by atoms with van der Waals surface area (Å²) in [5, 5.41) is 0. The van der Waals surface area contributed by atoms with Crippen LogP contribution in [0.4, 0.5) is 4.79 Å². The van der Waals surface area contributed by atoms with Gasteiger partial charge in [0, 0.05) is 6.04 Å². The molecule has 0 radical (unpaired) electrons. The molecule has 1 amide bonds. The predicted octanol–water partition coefficient (Wildman–Crippen LogP) is 2.36. The van der Waals surface area contributed by atoms with Crippen LogP contribution in [0.25, 0.3) is 0 Å². The molecular weight excluding hydrogens is 218 g/mol. The second kappa shape index (κ2) is 4.31. The summed E-state index contributed by atoms with van der Waals surface area (Å²) in [6.45, 7) is 5.55. The average molecular weight is 239 g/mol. The van der Waals surface area contributed by atoms with Gasteiger partial charge in [-0.3, -0.25) is 4.90 Å². The highest BCUT2D eigenvalue weighted by atomic mass is 16.6. The molecule has 1 aliphatic carbocycles. The van der Waals surface area contributed by atoms with E-state index in [0.717, 1.165) is 32.0 Å². The molecule has 3 atom stereocenters. The van der Waals surface area contributed by atoms with Gasteiger partial charge in [-0.05, 0) is 46.0 Å². The molecule has 0 aromatic heterocycles. The summed E-state index contributed by atoms with van der Waals surface area (Å²) in [6, 6.07) is -0.0554. The summed E-state index contributed by atoms with van der Waals surface area (Å²) >= 11 is 0. The first-order valence-electron chi connectivity index (χ1n) is 6.39. The van der Waals surface area contributed by atoms with Crippen LogP contribution in [0.5, 0.6) is 0 Å². The summed E-state index contributed by atoms with van der Waals surface area (Å²) < 4.78 is 5.39. The molecule has 0 bridgehead atoms. The van der Waals surface area contributed by atoms with Gasteiger partial charge < -0.3 is 9.53 Å². The molecule has 0 aromatic carbocycles. The minimum absolute atomic E-state index is 0.222. The number of aldehydes is 1. The zero-order valence-corrected chi connectivity index (χ0v) is 10.8. The summed E-state index contributed by atoms with van der Waals surface area (Å²) in [5.74, 6) is 0.498. The van der Waals surface area contributed by atoms with Crippen molar-refractivity contribution >= 4 is 12.4 Å². The average Bonchev–Trinajstić information content (AvgIpc) is 2.71. The van der Waals surface area contributed by atoms with Crippen molar-refractivity contribution in [2.75, 3.05) is 0 Å². The Morgan fingerprint density at radius 3 is 2.65 bits per heavy atom. The van der Waals surface area contributed by atoms with E-state index in [2.05, 4.69) is 0 Å². The van der Waals surface area contributed by atoms with Crippen molar-refractivity contribution in [3.8, 4) is 0 Å². The van der Waals surface area contributed by atoms with Gasteiger partial charge in [-0.2, -0.15) is 0 Å². The number of hydrogen-bond donors (Lipinski definition) is 0. The Bertz CT molecular complexity index is 321. The summed E-state index contributed by atoms with van der Waals surface area (Å²) in [6.07, 6.45) is 4.67. The lowest BCUT2D eigenvalue weighted by molar-refractivity contribution is -0.112. The summed E-state index contributed by atoms with van der Waals surface area (Å²) in [5.41, 5.74) is -0.499. The van der Waals surface area contributed by atoms with Gasteiger partial charge in [0.15, 0.2) is 0 Å². The van der Waals surface area contributed by atoms with E-state index < -0.39 is 5.60 Å². The number of nitrogens with zero attached hydrogens (tertiary/aromatic N) is 1. The maximum absolute atomic E-state index is 12.1. The standard InChI is InChI=1S/C13H21NO3/c1-13(2,3)17-12(16)14-10(8-15)7-9-5-4-6-11(9)14/h8-11H,4-7H2,1-3H3/t9-,10+,11-/m0/s1. The summed E-state index contributed by atoms with van der Waals surface area (Å²) in [7, 11) is 0. The van der Waals surface area contributed by atoms with Crippen LogP contribution in [0.1, 0.15) is 46.5 Å². The van der Waals surface area contributed by atoms with Gasteiger partial charge in [-0.1, -0.05) is 6.42 Å². The van der Waals surface area contributed by atoms with Crippen molar-refractivity contribution in [1.29, 1.82) is 0 Å². The Hall–Kier alpha value is -1.06. The van der Waals surface area contributed by atoms with Crippen LogP contribution in [-0.4, -0.2) is 35.0 Å². The number of fused-ring (bicyclic) bond motifs is 1. The molecule has 2 aliphatic rings. The van der Waals surface area contributed by atoms with Crippen LogP contribution in [0.15, 0.2) is 0 Å². The molecule has 17 heavy (non-hydrogen) atoms. The molecule has 0 N–H and O–H groups in total. The molecule has 1 saturated carbocycles. The molecular formula is C13H21NO3. The van der Waals surface area contributed by atoms with Gasteiger partial charge in [0.2, 0.25) is 0 Å². The second-order valence-electron chi connectivity index (χ2n) is 6.09. The number of rotatable bonds is 1. The molecule has 0 spiro atoms. The number of hydrogen-bond acceptors (Lipinski definition) is 3. The van der Waals surface area contributed by atoms with E-state index >= 15 is 0 Å². The maximum atomic E-state index is 12.1. The first kappa shape index (κ1) is 12.4. The molecule has 4 heteroatoms. The quantitative estimate of drug-likeness (QED) is 0.660. The van der Waals surface area contributed by atoms with Crippen LogP contribution in [0.3, 0.4) is 0 Å². The topological polar surface area (TPSA) is 46.6 Å². The zero-order chi connectivity index (χ0) is 12.6.